The third-order valence-electron chi connectivity index (χ3n) is 4.25. The molecule has 11 heteroatoms. The molecular formula is C21H24ClFN8O. The number of rotatable bonds is 9. The summed E-state index contributed by atoms with van der Waals surface area (Å²) in [6.07, 6.45) is 7.98. The van der Waals surface area contributed by atoms with E-state index >= 15 is 0 Å². The molecule has 3 rings (SSSR count). The van der Waals surface area contributed by atoms with Crippen LogP contribution in [0.25, 0.3) is 0 Å². The maximum atomic E-state index is 14.5. The zero-order valence-corrected chi connectivity index (χ0v) is 18.7. The van der Waals surface area contributed by atoms with E-state index in [1.165, 1.54) is 24.4 Å². The van der Waals surface area contributed by atoms with Crippen LogP contribution in [0.5, 0.6) is 0 Å². The summed E-state index contributed by atoms with van der Waals surface area (Å²) in [7, 11) is 5.59. The summed E-state index contributed by atoms with van der Waals surface area (Å²) < 4.78 is 16.2. The summed E-state index contributed by atoms with van der Waals surface area (Å²) in [5, 5.41) is 13.1. The lowest BCUT2D eigenvalue weighted by Crippen LogP contribution is -2.15. The van der Waals surface area contributed by atoms with Gasteiger partial charge in [-0.25, -0.2) is 9.37 Å². The molecule has 0 unspecified atom stereocenters. The lowest BCUT2D eigenvalue weighted by Gasteiger charge is -2.14. The van der Waals surface area contributed by atoms with Crippen LogP contribution < -0.4 is 16.0 Å². The van der Waals surface area contributed by atoms with E-state index in [9.17, 15) is 9.18 Å². The van der Waals surface area contributed by atoms with E-state index in [0.29, 0.717) is 29.7 Å². The van der Waals surface area contributed by atoms with Crippen LogP contribution >= 0.6 is 11.6 Å². The maximum Gasteiger partial charge on any atom is 0.248 e. The van der Waals surface area contributed by atoms with Gasteiger partial charge in [0.2, 0.25) is 11.9 Å². The average molecular weight is 459 g/mol. The summed E-state index contributed by atoms with van der Waals surface area (Å²) in [5.74, 6) is -0.189. The Morgan fingerprint density at radius 2 is 2.12 bits per heavy atom. The van der Waals surface area contributed by atoms with Crippen molar-refractivity contribution in [2.75, 3.05) is 36.6 Å². The number of likely N-dealkylation sites (N-methyl/N-ethyl adjacent to an activating group) is 1. The molecule has 0 aliphatic heterocycles. The highest BCUT2D eigenvalue weighted by Crippen LogP contribution is 2.24. The normalized spacial score (nSPS) is 11.2. The number of hydrogen-bond acceptors (Lipinski definition) is 7. The molecule has 0 aliphatic carbocycles. The molecule has 2 heterocycles. The van der Waals surface area contributed by atoms with Gasteiger partial charge in [0.15, 0.2) is 5.82 Å². The molecule has 9 nitrogen and oxygen atoms in total. The summed E-state index contributed by atoms with van der Waals surface area (Å²) in [5.41, 5.74) is 1.34. The van der Waals surface area contributed by atoms with E-state index < -0.39 is 5.82 Å². The van der Waals surface area contributed by atoms with Gasteiger partial charge in [0.25, 0.3) is 0 Å². The van der Waals surface area contributed by atoms with Crippen LogP contribution in [-0.4, -0.2) is 51.2 Å². The second-order valence-electron chi connectivity index (χ2n) is 7.19. The third kappa shape index (κ3) is 6.50. The molecule has 0 fully saturated rings. The Bertz CT molecular complexity index is 1110. The van der Waals surface area contributed by atoms with Gasteiger partial charge in [0, 0.05) is 43.7 Å². The number of carbonyl (C=O) groups is 1. The number of carbonyl (C=O) groups excluding carboxylic acids is 1. The number of halogens is 2. The Kier molecular flexibility index (Phi) is 7.74. The standard InChI is InChI=1S/C21H24ClFN8O/c1-30(2)9-5-8-19(32)28-18-7-4-6-17(23)15(18)11-24-20-16(22)12-25-21(29-20)27-14-10-26-31(3)13-14/h4-8,10,12-13H,9,11H2,1-3H3,(H,28,32)(H2,24,25,27,29)/b8-5+. The monoisotopic (exact) mass is 458 g/mol. The topological polar surface area (TPSA) is 100 Å². The summed E-state index contributed by atoms with van der Waals surface area (Å²) >= 11 is 6.21. The van der Waals surface area contributed by atoms with Gasteiger partial charge in [-0.2, -0.15) is 10.1 Å². The first-order valence-electron chi connectivity index (χ1n) is 9.73. The number of hydrogen-bond donors (Lipinski definition) is 3. The molecule has 1 amide bonds. The number of nitrogens with one attached hydrogen (secondary N) is 3. The summed E-state index contributed by atoms with van der Waals surface area (Å²) in [6.45, 7) is 0.666. The number of amides is 1. The number of aryl methyl sites for hydroxylation is 1. The largest absolute Gasteiger partial charge is 0.364 e. The fourth-order valence-corrected chi connectivity index (χ4v) is 2.90. The molecule has 2 aromatic heterocycles. The SMILES string of the molecule is CN(C)C/C=C/C(=O)Nc1cccc(F)c1CNc1nc(Nc2cnn(C)c2)ncc1Cl. The van der Waals surface area contributed by atoms with Crippen molar-refractivity contribution in [1.29, 1.82) is 0 Å². The second-order valence-corrected chi connectivity index (χ2v) is 7.60. The van der Waals surface area contributed by atoms with Crippen molar-refractivity contribution in [3.63, 3.8) is 0 Å². The first kappa shape index (κ1) is 23.2. The van der Waals surface area contributed by atoms with E-state index in [2.05, 4.69) is 31.0 Å². The molecule has 0 aliphatic rings. The minimum atomic E-state index is -0.466. The zero-order chi connectivity index (χ0) is 23.1. The highest BCUT2D eigenvalue weighted by atomic mass is 35.5. The Hall–Kier alpha value is -3.50. The molecule has 0 atom stereocenters. The van der Waals surface area contributed by atoms with Crippen molar-refractivity contribution in [3.05, 3.63) is 65.3 Å². The first-order chi connectivity index (χ1) is 15.3. The van der Waals surface area contributed by atoms with E-state index in [-0.39, 0.29) is 23.0 Å². The lowest BCUT2D eigenvalue weighted by molar-refractivity contribution is -0.111. The Balaban J connectivity index is 1.72. The van der Waals surface area contributed by atoms with Crippen molar-refractivity contribution in [2.45, 2.75) is 6.54 Å². The van der Waals surface area contributed by atoms with Crippen LogP contribution in [0.1, 0.15) is 5.56 Å². The smallest absolute Gasteiger partial charge is 0.248 e. The van der Waals surface area contributed by atoms with Gasteiger partial charge in [0.05, 0.1) is 18.1 Å². The van der Waals surface area contributed by atoms with Crippen molar-refractivity contribution in [1.82, 2.24) is 24.6 Å². The quantitative estimate of drug-likeness (QED) is 0.422. The molecule has 3 N–H and O–H groups in total. The van der Waals surface area contributed by atoms with Gasteiger partial charge in [0.1, 0.15) is 10.8 Å². The maximum absolute atomic E-state index is 14.5. The number of anilines is 4. The van der Waals surface area contributed by atoms with Crippen LogP contribution in [0.15, 0.2) is 48.9 Å². The molecule has 0 radical (unpaired) electrons. The third-order valence-corrected chi connectivity index (χ3v) is 4.53. The summed E-state index contributed by atoms with van der Waals surface area (Å²) in [4.78, 5) is 22.6. The molecule has 32 heavy (non-hydrogen) atoms. The van der Waals surface area contributed by atoms with Gasteiger partial charge in [-0.15, -0.1) is 0 Å². The first-order valence-corrected chi connectivity index (χ1v) is 10.1. The minimum Gasteiger partial charge on any atom is -0.364 e. The molecular weight excluding hydrogens is 435 g/mol. The van der Waals surface area contributed by atoms with Crippen LogP contribution in [0.2, 0.25) is 5.02 Å². The predicted molar refractivity (Wildman–Crippen MR) is 124 cm³/mol. The van der Waals surface area contributed by atoms with E-state index in [4.69, 9.17) is 11.6 Å². The number of nitrogens with zero attached hydrogens (tertiary/aromatic N) is 5. The molecule has 0 saturated heterocycles. The van der Waals surface area contributed by atoms with Crippen molar-refractivity contribution >= 4 is 40.6 Å². The van der Waals surface area contributed by atoms with Crippen LogP contribution in [0.4, 0.5) is 27.5 Å². The van der Waals surface area contributed by atoms with E-state index in [0.717, 1.165) is 0 Å². The fourth-order valence-electron chi connectivity index (χ4n) is 2.74. The van der Waals surface area contributed by atoms with E-state index in [1.54, 1.807) is 36.3 Å². The van der Waals surface area contributed by atoms with Gasteiger partial charge >= 0.3 is 0 Å². The summed E-state index contributed by atoms with van der Waals surface area (Å²) in [6, 6.07) is 4.49. The molecule has 0 saturated carbocycles. The fraction of sp³-hybridized carbons (Fsp3) is 0.238. The molecule has 0 bridgehead atoms. The Morgan fingerprint density at radius 1 is 1.31 bits per heavy atom. The molecule has 3 aromatic rings. The Labute approximate surface area is 190 Å². The predicted octanol–water partition coefficient (Wildman–Crippen LogP) is 3.41. The number of benzene rings is 1. The van der Waals surface area contributed by atoms with E-state index in [1.807, 2.05) is 19.0 Å². The highest BCUT2D eigenvalue weighted by molar-refractivity contribution is 6.32. The van der Waals surface area contributed by atoms with Crippen molar-refractivity contribution < 1.29 is 9.18 Å². The molecule has 1 aromatic carbocycles. The van der Waals surface area contributed by atoms with Crippen molar-refractivity contribution in [2.24, 2.45) is 7.05 Å². The van der Waals surface area contributed by atoms with Crippen LogP contribution in [-0.2, 0) is 18.4 Å². The van der Waals surface area contributed by atoms with Gasteiger partial charge in [-0.05, 0) is 26.2 Å². The second kappa shape index (κ2) is 10.7. The highest BCUT2D eigenvalue weighted by Gasteiger charge is 2.12. The number of aromatic nitrogens is 4. The van der Waals surface area contributed by atoms with Crippen LogP contribution in [0.3, 0.4) is 0 Å². The van der Waals surface area contributed by atoms with Crippen LogP contribution in [0, 0.1) is 5.82 Å². The average Bonchev–Trinajstić information content (AvgIpc) is 3.14. The minimum absolute atomic E-state index is 0.0484. The lowest BCUT2D eigenvalue weighted by atomic mass is 10.1. The Morgan fingerprint density at radius 3 is 2.84 bits per heavy atom. The molecule has 0 spiro atoms. The zero-order valence-electron chi connectivity index (χ0n) is 17.9. The van der Waals surface area contributed by atoms with Gasteiger partial charge in [-0.1, -0.05) is 23.7 Å². The molecule has 168 valence electrons. The van der Waals surface area contributed by atoms with Gasteiger partial charge in [-0.3, -0.25) is 9.48 Å². The van der Waals surface area contributed by atoms with Gasteiger partial charge < -0.3 is 20.9 Å². The van der Waals surface area contributed by atoms with Crippen molar-refractivity contribution in [3.8, 4) is 0 Å².